The van der Waals surface area contributed by atoms with Gasteiger partial charge in [0.15, 0.2) is 15.4 Å². The monoisotopic (exact) mass is 538 g/mol. The van der Waals surface area contributed by atoms with Crippen LogP contribution in [0.15, 0.2) is 82.2 Å². The minimum Gasteiger partial charge on any atom is -0.480 e. The second-order valence-corrected chi connectivity index (χ2v) is 11.8. The largest absolute Gasteiger partial charge is 0.480 e. The van der Waals surface area contributed by atoms with Gasteiger partial charge in [0.25, 0.3) is 5.89 Å². The zero-order chi connectivity index (χ0) is 26.6. The molecular weight excluding hydrogens is 512 g/mol. The van der Waals surface area contributed by atoms with Crippen molar-refractivity contribution in [3.63, 3.8) is 0 Å². The van der Waals surface area contributed by atoms with Crippen LogP contribution in [-0.4, -0.2) is 30.1 Å². The lowest BCUT2D eigenvalue weighted by atomic mass is 10.0. The summed E-state index contributed by atoms with van der Waals surface area (Å²) in [7, 11) is -3.25. The summed E-state index contributed by atoms with van der Waals surface area (Å²) in [5.41, 5.74) is 1.53. The lowest BCUT2D eigenvalue weighted by Crippen LogP contribution is -2.26. The highest BCUT2D eigenvalue weighted by molar-refractivity contribution is 7.91. The Morgan fingerprint density at radius 2 is 1.49 bits per heavy atom. The summed E-state index contributed by atoms with van der Waals surface area (Å²) in [5.74, 6) is 1.45. The fourth-order valence-electron chi connectivity index (χ4n) is 3.69. The van der Waals surface area contributed by atoms with Crippen LogP contribution in [0.2, 0.25) is 5.02 Å². The number of rotatable bonds is 10. The zero-order valence-corrected chi connectivity index (χ0v) is 22.3. The van der Waals surface area contributed by atoms with E-state index in [0.29, 0.717) is 22.5 Å². The van der Waals surface area contributed by atoms with Gasteiger partial charge in [-0.1, -0.05) is 47.9 Å². The first-order valence-corrected chi connectivity index (χ1v) is 13.8. The Labute approximate surface area is 221 Å². The number of sulfone groups is 1. The molecule has 4 rings (SSSR count). The topological polar surface area (TPSA) is 99.4 Å². The maximum Gasteiger partial charge on any atom is 0.258 e. The van der Waals surface area contributed by atoms with Crippen molar-refractivity contribution in [3.8, 4) is 17.2 Å². The summed E-state index contributed by atoms with van der Waals surface area (Å²) in [6.07, 6.45) is 0.486. The molecule has 0 saturated heterocycles. The summed E-state index contributed by atoms with van der Waals surface area (Å²) in [6.45, 7) is 5.30. The number of carbonyl (C=O) groups excluding carboxylic acids is 1. The lowest BCUT2D eigenvalue weighted by molar-refractivity contribution is -0.117. The van der Waals surface area contributed by atoms with E-state index >= 15 is 0 Å². The van der Waals surface area contributed by atoms with Gasteiger partial charge in [0.05, 0.1) is 10.6 Å². The van der Waals surface area contributed by atoms with Crippen LogP contribution in [0.25, 0.3) is 11.5 Å². The van der Waals surface area contributed by atoms with Gasteiger partial charge in [-0.2, -0.15) is 4.98 Å². The summed E-state index contributed by atoms with van der Waals surface area (Å²) in [5, 5.41) is 4.70. The fourth-order valence-corrected chi connectivity index (χ4v) is 4.70. The Morgan fingerprint density at radius 1 is 0.919 bits per heavy atom. The number of hydrogen-bond donors (Lipinski definition) is 0. The minimum atomic E-state index is -3.25. The molecular formula is C28H27ClN2O5S. The molecule has 0 N–H and O–H groups in total. The standard InChI is InChI=1S/C28H27ClN2O5S/c1-4-37(33,34)25-15-7-20(8-16-25)18-23(32)17-19-5-13-24(14-6-19)35-28(2,3)27-30-26(36-31-27)21-9-11-22(29)12-10-21/h5-16H,4,17-18H2,1-3H3. The second-order valence-electron chi connectivity index (χ2n) is 9.13. The van der Waals surface area contributed by atoms with Gasteiger partial charge < -0.3 is 9.26 Å². The van der Waals surface area contributed by atoms with Gasteiger partial charge in [-0.3, -0.25) is 4.79 Å². The first-order chi connectivity index (χ1) is 17.6. The molecule has 0 amide bonds. The lowest BCUT2D eigenvalue weighted by Gasteiger charge is -2.22. The van der Waals surface area contributed by atoms with Crippen LogP contribution in [0.1, 0.15) is 37.7 Å². The van der Waals surface area contributed by atoms with Crippen LogP contribution in [0.4, 0.5) is 0 Å². The molecule has 0 radical (unpaired) electrons. The Morgan fingerprint density at radius 3 is 2.05 bits per heavy atom. The van der Waals surface area contributed by atoms with Crippen LogP contribution in [-0.2, 0) is 33.1 Å². The number of ketones is 1. The normalized spacial score (nSPS) is 11.9. The first kappa shape index (κ1) is 26.6. The van der Waals surface area contributed by atoms with Gasteiger partial charge in [-0.25, -0.2) is 8.42 Å². The van der Waals surface area contributed by atoms with E-state index in [1.54, 1.807) is 67.6 Å². The molecule has 9 heteroatoms. The molecule has 3 aromatic carbocycles. The summed E-state index contributed by atoms with van der Waals surface area (Å²) in [6, 6.07) is 20.9. The Kier molecular flexibility index (Phi) is 7.80. The number of ether oxygens (including phenoxy) is 1. The summed E-state index contributed by atoms with van der Waals surface area (Å²) >= 11 is 5.94. The highest BCUT2D eigenvalue weighted by Gasteiger charge is 2.29. The van der Waals surface area contributed by atoms with Crippen molar-refractivity contribution < 1.29 is 22.5 Å². The fraction of sp³-hybridized carbons (Fsp3) is 0.250. The van der Waals surface area contributed by atoms with Gasteiger partial charge >= 0.3 is 0 Å². The number of nitrogens with zero attached hydrogens (tertiary/aromatic N) is 2. The van der Waals surface area contributed by atoms with Gasteiger partial charge in [-0.05, 0) is 73.5 Å². The highest BCUT2D eigenvalue weighted by atomic mass is 35.5. The molecule has 0 spiro atoms. The van der Waals surface area contributed by atoms with Crippen molar-refractivity contribution in [1.82, 2.24) is 10.1 Å². The average molecular weight is 539 g/mol. The average Bonchev–Trinajstić information content (AvgIpc) is 3.37. The predicted molar refractivity (Wildman–Crippen MR) is 141 cm³/mol. The van der Waals surface area contributed by atoms with Crippen LogP contribution in [0, 0.1) is 0 Å². The van der Waals surface area contributed by atoms with Crippen LogP contribution < -0.4 is 4.74 Å². The maximum absolute atomic E-state index is 12.6. The number of hydrogen-bond acceptors (Lipinski definition) is 7. The number of halogens is 1. The molecule has 0 atom stereocenters. The minimum absolute atomic E-state index is 0.0293. The van der Waals surface area contributed by atoms with Crippen molar-refractivity contribution in [1.29, 1.82) is 0 Å². The molecule has 0 bridgehead atoms. The molecule has 0 fully saturated rings. The van der Waals surface area contributed by atoms with E-state index < -0.39 is 15.4 Å². The third kappa shape index (κ3) is 6.64. The number of Topliss-reactive ketones (excluding diaryl/α,β-unsaturated/α-hetero) is 1. The maximum atomic E-state index is 12.6. The SMILES string of the molecule is CCS(=O)(=O)c1ccc(CC(=O)Cc2ccc(OC(C)(C)c3noc(-c4ccc(Cl)cc4)n3)cc2)cc1. The Bertz CT molecular complexity index is 1480. The first-order valence-electron chi connectivity index (χ1n) is 11.8. The molecule has 4 aromatic rings. The molecule has 0 aliphatic heterocycles. The van der Waals surface area contributed by atoms with E-state index in [9.17, 15) is 13.2 Å². The second kappa shape index (κ2) is 10.9. The van der Waals surface area contributed by atoms with Gasteiger partial charge in [0, 0.05) is 23.4 Å². The van der Waals surface area contributed by atoms with Crippen LogP contribution in [0.3, 0.4) is 0 Å². The Balaban J connectivity index is 1.35. The quantitative estimate of drug-likeness (QED) is 0.249. The zero-order valence-electron chi connectivity index (χ0n) is 20.8. The van der Waals surface area contributed by atoms with E-state index in [4.69, 9.17) is 20.9 Å². The van der Waals surface area contributed by atoms with E-state index in [-0.39, 0.29) is 29.3 Å². The number of carbonyl (C=O) groups is 1. The molecule has 1 aromatic heterocycles. The van der Waals surface area contributed by atoms with E-state index in [1.165, 1.54) is 0 Å². The van der Waals surface area contributed by atoms with Crippen LogP contribution in [0.5, 0.6) is 5.75 Å². The van der Waals surface area contributed by atoms with Crippen molar-refractivity contribution in [2.45, 2.75) is 44.1 Å². The summed E-state index contributed by atoms with van der Waals surface area (Å²) < 4.78 is 35.4. The third-order valence-corrected chi connectivity index (χ3v) is 7.82. The molecule has 1 heterocycles. The van der Waals surface area contributed by atoms with Crippen molar-refractivity contribution in [3.05, 3.63) is 94.8 Å². The molecule has 0 aliphatic carbocycles. The van der Waals surface area contributed by atoms with Crippen molar-refractivity contribution in [2.75, 3.05) is 5.75 Å². The number of benzene rings is 3. The molecule has 7 nitrogen and oxygen atoms in total. The van der Waals surface area contributed by atoms with Crippen molar-refractivity contribution in [2.24, 2.45) is 0 Å². The van der Waals surface area contributed by atoms with Crippen LogP contribution >= 0.6 is 11.6 Å². The summed E-state index contributed by atoms with van der Waals surface area (Å²) in [4.78, 5) is 17.3. The highest BCUT2D eigenvalue weighted by Crippen LogP contribution is 2.28. The van der Waals surface area contributed by atoms with Crippen molar-refractivity contribution >= 4 is 27.2 Å². The predicted octanol–water partition coefficient (Wildman–Crippen LogP) is 5.85. The number of aromatic nitrogens is 2. The van der Waals surface area contributed by atoms with E-state index in [1.807, 2.05) is 26.0 Å². The Hall–Kier alpha value is -3.49. The van der Waals surface area contributed by atoms with Gasteiger partial charge in [-0.15, -0.1) is 0 Å². The smallest absolute Gasteiger partial charge is 0.258 e. The van der Waals surface area contributed by atoms with Gasteiger partial charge in [0.2, 0.25) is 5.82 Å². The third-order valence-electron chi connectivity index (χ3n) is 5.82. The molecule has 0 saturated carbocycles. The van der Waals surface area contributed by atoms with E-state index in [0.717, 1.165) is 16.7 Å². The molecule has 0 unspecified atom stereocenters. The molecule has 192 valence electrons. The molecule has 0 aliphatic rings. The van der Waals surface area contributed by atoms with Gasteiger partial charge in [0.1, 0.15) is 11.5 Å². The van der Waals surface area contributed by atoms with E-state index in [2.05, 4.69) is 10.1 Å². The molecule has 37 heavy (non-hydrogen) atoms.